The summed E-state index contributed by atoms with van der Waals surface area (Å²) in [5, 5.41) is 5.91. The first kappa shape index (κ1) is 22.9. The zero-order chi connectivity index (χ0) is 23.4. The summed E-state index contributed by atoms with van der Waals surface area (Å²) in [6.07, 6.45) is 6.44. The summed E-state index contributed by atoms with van der Waals surface area (Å²) in [6, 6.07) is 14.2. The van der Waals surface area contributed by atoms with Crippen LogP contribution in [0.25, 0.3) is 0 Å². The molecule has 1 fully saturated rings. The maximum Gasteiger partial charge on any atom is 0.260 e. The molecule has 0 bridgehead atoms. The van der Waals surface area contributed by atoms with Gasteiger partial charge in [0.15, 0.2) is 0 Å². The van der Waals surface area contributed by atoms with Crippen LogP contribution in [0.2, 0.25) is 5.02 Å². The number of nitrogens with zero attached hydrogens (tertiary/aromatic N) is 3. The molecule has 4 rings (SSSR count). The van der Waals surface area contributed by atoms with Crippen LogP contribution in [0.15, 0.2) is 60.9 Å². The predicted molar refractivity (Wildman–Crippen MR) is 130 cm³/mol. The van der Waals surface area contributed by atoms with Gasteiger partial charge < -0.3 is 15.5 Å². The van der Waals surface area contributed by atoms with Crippen molar-refractivity contribution in [1.29, 1.82) is 0 Å². The van der Waals surface area contributed by atoms with E-state index >= 15 is 0 Å². The molecular formula is C25H26ClN5O2. The molecule has 0 unspecified atom stereocenters. The number of hydrogen-bond acceptors (Lipinski definition) is 5. The lowest BCUT2D eigenvalue weighted by Crippen LogP contribution is -2.20. The molecule has 1 aliphatic rings. The highest BCUT2D eigenvalue weighted by Crippen LogP contribution is 2.51. The Morgan fingerprint density at radius 2 is 1.76 bits per heavy atom. The van der Waals surface area contributed by atoms with Gasteiger partial charge in [-0.3, -0.25) is 9.59 Å². The van der Waals surface area contributed by atoms with E-state index in [4.69, 9.17) is 11.6 Å². The number of aromatic nitrogens is 2. The summed E-state index contributed by atoms with van der Waals surface area (Å²) in [5.74, 6) is -0.218. The van der Waals surface area contributed by atoms with Gasteiger partial charge in [-0.1, -0.05) is 23.7 Å². The predicted octanol–water partition coefficient (Wildman–Crippen LogP) is 4.62. The SMILES string of the molecule is CN(C)CCC1(c2ccc(C(=O)Nc3ncccc3C(=O)Nc3ccc(Cl)cn3)cc2)CC1. The molecule has 0 spiro atoms. The molecule has 2 aromatic heterocycles. The average molecular weight is 464 g/mol. The van der Waals surface area contributed by atoms with E-state index in [2.05, 4.69) is 39.6 Å². The van der Waals surface area contributed by atoms with Crippen molar-refractivity contribution < 1.29 is 9.59 Å². The third-order valence-electron chi connectivity index (χ3n) is 5.90. The van der Waals surface area contributed by atoms with Gasteiger partial charge in [-0.15, -0.1) is 0 Å². The molecule has 3 aromatic rings. The van der Waals surface area contributed by atoms with Gasteiger partial charge in [-0.2, -0.15) is 0 Å². The van der Waals surface area contributed by atoms with Gasteiger partial charge in [-0.05, 0) is 87.3 Å². The third kappa shape index (κ3) is 5.56. The van der Waals surface area contributed by atoms with E-state index in [-0.39, 0.29) is 22.7 Å². The molecule has 1 aliphatic carbocycles. The van der Waals surface area contributed by atoms with Gasteiger partial charge in [0.1, 0.15) is 11.6 Å². The van der Waals surface area contributed by atoms with Crippen LogP contribution in [0, 0.1) is 0 Å². The normalized spacial score (nSPS) is 14.1. The minimum Gasteiger partial charge on any atom is -0.309 e. The third-order valence-corrected chi connectivity index (χ3v) is 6.13. The number of hydrogen-bond donors (Lipinski definition) is 2. The van der Waals surface area contributed by atoms with E-state index in [1.165, 1.54) is 30.8 Å². The Morgan fingerprint density at radius 3 is 2.39 bits per heavy atom. The fraction of sp³-hybridized carbons (Fsp3) is 0.280. The number of anilines is 2. The summed E-state index contributed by atoms with van der Waals surface area (Å²) in [7, 11) is 4.17. The molecular weight excluding hydrogens is 438 g/mol. The Morgan fingerprint density at radius 1 is 1.00 bits per heavy atom. The number of nitrogens with one attached hydrogen (secondary N) is 2. The lowest BCUT2D eigenvalue weighted by atomic mass is 9.91. The first-order valence-corrected chi connectivity index (χ1v) is 11.2. The van der Waals surface area contributed by atoms with E-state index < -0.39 is 5.91 Å². The largest absolute Gasteiger partial charge is 0.309 e. The minimum absolute atomic E-state index is 0.183. The van der Waals surface area contributed by atoms with Gasteiger partial charge in [-0.25, -0.2) is 9.97 Å². The molecule has 0 aliphatic heterocycles. The van der Waals surface area contributed by atoms with Crippen molar-refractivity contribution in [3.05, 3.63) is 82.6 Å². The van der Waals surface area contributed by atoms with Gasteiger partial charge in [0.2, 0.25) is 0 Å². The molecule has 2 heterocycles. The average Bonchev–Trinajstić information content (AvgIpc) is 3.61. The number of halogens is 1. The molecule has 8 heteroatoms. The Bertz CT molecular complexity index is 1140. The summed E-state index contributed by atoms with van der Waals surface area (Å²) < 4.78 is 0. The molecule has 33 heavy (non-hydrogen) atoms. The second-order valence-electron chi connectivity index (χ2n) is 8.58. The minimum atomic E-state index is -0.430. The quantitative estimate of drug-likeness (QED) is 0.509. The second-order valence-corrected chi connectivity index (χ2v) is 9.02. The Balaban J connectivity index is 1.44. The van der Waals surface area contributed by atoms with E-state index in [0.717, 1.165) is 13.0 Å². The zero-order valence-electron chi connectivity index (χ0n) is 18.6. The lowest BCUT2D eigenvalue weighted by Gasteiger charge is -2.19. The maximum absolute atomic E-state index is 12.9. The monoisotopic (exact) mass is 463 g/mol. The smallest absolute Gasteiger partial charge is 0.260 e. The molecule has 7 nitrogen and oxygen atoms in total. The first-order chi connectivity index (χ1) is 15.9. The Hall–Kier alpha value is -3.29. The van der Waals surface area contributed by atoms with E-state index in [0.29, 0.717) is 16.4 Å². The van der Waals surface area contributed by atoms with E-state index in [1.807, 2.05) is 24.3 Å². The van der Waals surface area contributed by atoms with Crippen molar-refractivity contribution in [2.24, 2.45) is 0 Å². The van der Waals surface area contributed by atoms with Crippen molar-refractivity contribution in [3.8, 4) is 0 Å². The number of rotatable bonds is 8. The number of amides is 2. The summed E-state index contributed by atoms with van der Waals surface area (Å²) >= 11 is 5.84. The van der Waals surface area contributed by atoms with Gasteiger partial charge in [0.05, 0.1) is 10.6 Å². The standard InChI is InChI=1S/C25H26ClN5O2/c1-31(2)15-13-25(11-12-25)18-7-5-17(6-8-18)23(32)30-22-20(4-3-14-27-22)24(33)29-21-10-9-19(26)16-28-21/h3-10,14,16H,11-13,15H2,1-2H3,(H,27,30,32)(H,28,29,33). The zero-order valence-corrected chi connectivity index (χ0v) is 19.4. The van der Waals surface area contributed by atoms with Crippen molar-refractivity contribution in [3.63, 3.8) is 0 Å². The number of carbonyl (C=O) groups is 2. The molecule has 170 valence electrons. The van der Waals surface area contributed by atoms with Crippen LogP contribution < -0.4 is 10.6 Å². The number of pyridine rings is 2. The molecule has 2 N–H and O–H groups in total. The van der Waals surface area contributed by atoms with E-state index in [1.54, 1.807) is 24.3 Å². The topological polar surface area (TPSA) is 87.2 Å². The fourth-order valence-corrected chi connectivity index (χ4v) is 3.86. The van der Waals surface area contributed by atoms with Crippen molar-refractivity contribution >= 4 is 35.1 Å². The molecule has 1 aromatic carbocycles. The van der Waals surface area contributed by atoms with Crippen LogP contribution in [0.5, 0.6) is 0 Å². The molecule has 0 saturated heterocycles. The lowest BCUT2D eigenvalue weighted by molar-refractivity contribution is 0.102. The van der Waals surface area contributed by atoms with Crippen molar-refractivity contribution in [2.45, 2.75) is 24.7 Å². The van der Waals surface area contributed by atoms with Crippen LogP contribution in [0.4, 0.5) is 11.6 Å². The number of benzene rings is 1. The Labute approximate surface area is 198 Å². The fourth-order valence-electron chi connectivity index (χ4n) is 3.75. The Kier molecular flexibility index (Phi) is 6.72. The van der Waals surface area contributed by atoms with Crippen molar-refractivity contribution in [2.75, 3.05) is 31.3 Å². The van der Waals surface area contributed by atoms with Crippen LogP contribution in [-0.2, 0) is 5.41 Å². The van der Waals surface area contributed by atoms with Crippen LogP contribution in [-0.4, -0.2) is 47.3 Å². The summed E-state index contributed by atoms with van der Waals surface area (Å²) in [5.41, 5.74) is 2.26. The highest BCUT2D eigenvalue weighted by molar-refractivity contribution is 6.30. The molecule has 2 amide bonds. The highest BCUT2D eigenvalue weighted by atomic mass is 35.5. The molecule has 0 atom stereocenters. The highest BCUT2D eigenvalue weighted by Gasteiger charge is 2.43. The summed E-state index contributed by atoms with van der Waals surface area (Å²) in [6.45, 7) is 1.04. The van der Waals surface area contributed by atoms with Crippen LogP contribution >= 0.6 is 11.6 Å². The second kappa shape index (κ2) is 9.68. The molecule has 1 saturated carbocycles. The van der Waals surface area contributed by atoms with Gasteiger partial charge >= 0.3 is 0 Å². The van der Waals surface area contributed by atoms with Crippen molar-refractivity contribution in [1.82, 2.24) is 14.9 Å². The van der Waals surface area contributed by atoms with Gasteiger partial charge in [0, 0.05) is 18.0 Å². The first-order valence-electron chi connectivity index (χ1n) is 10.8. The maximum atomic E-state index is 12.9. The van der Waals surface area contributed by atoms with Gasteiger partial charge in [0.25, 0.3) is 11.8 Å². The molecule has 0 radical (unpaired) electrons. The van der Waals surface area contributed by atoms with Crippen LogP contribution in [0.3, 0.4) is 0 Å². The van der Waals surface area contributed by atoms with Crippen LogP contribution in [0.1, 0.15) is 45.5 Å². The number of carbonyl (C=O) groups excluding carboxylic acids is 2. The summed E-state index contributed by atoms with van der Waals surface area (Å²) in [4.78, 5) is 36.0. The van der Waals surface area contributed by atoms with E-state index in [9.17, 15) is 9.59 Å².